The molecule has 36 heavy (non-hydrogen) atoms. The summed E-state index contributed by atoms with van der Waals surface area (Å²) in [4.78, 5) is 45.2. The number of benzene rings is 1. The summed E-state index contributed by atoms with van der Waals surface area (Å²) < 4.78 is 3.95. The quantitative estimate of drug-likeness (QED) is 0.473. The Bertz CT molecular complexity index is 1120. The molecule has 0 aliphatic carbocycles. The number of likely N-dealkylation sites (tertiary alicyclic amines) is 1. The number of rotatable bonds is 4. The average molecular weight is 531 g/mol. The summed E-state index contributed by atoms with van der Waals surface area (Å²) in [5.41, 5.74) is 0.676. The number of ether oxygens (including phenoxy) is 1. The number of fused-ring (bicyclic) bond motifs is 2. The zero-order chi connectivity index (χ0) is 25.7. The Kier molecular flexibility index (Phi) is 6.72. The predicted octanol–water partition coefficient (Wildman–Crippen LogP) is 3.59. The second-order valence-electron chi connectivity index (χ2n) is 10.0. The molecule has 1 aromatic rings. The van der Waals surface area contributed by atoms with Crippen molar-refractivity contribution in [2.75, 3.05) is 24.7 Å². The number of carbonyl (C=O) groups excluding carboxylic acids is 3. The molecule has 1 unspecified atom stereocenters. The van der Waals surface area contributed by atoms with Crippen molar-refractivity contribution < 1.29 is 24.2 Å². The first-order chi connectivity index (χ1) is 17.3. The molecule has 5 rings (SSSR count). The number of anilines is 1. The lowest BCUT2D eigenvalue weighted by atomic mass is 9.74. The zero-order valence-electron chi connectivity index (χ0n) is 20.4. The van der Waals surface area contributed by atoms with E-state index in [9.17, 15) is 19.5 Å². The number of carbonyl (C=O) groups is 3. The van der Waals surface area contributed by atoms with E-state index < -0.39 is 39.4 Å². The van der Waals surface area contributed by atoms with E-state index in [1.54, 1.807) is 34.1 Å². The van der Waals surface area contributed by atoms with Gasteiger partial charge < -0.3 is 19.6 Å². The van der Waals surface area contributed by atoms with Gasteiger partial charge in [-0.1, -0.05) is 42.8 Å². The fourth-order valence-electron chi connectivity index (χ4n) is 6.23. The van der Waals surface area contributed by atoms with Crippen LogP contribution in [0.1, 0.15) is 33.1 Å². The third-order valence-corrected chi connectivity index (χ3v) is 9.95. The van der Waals surface area contributed by atoms with Crippen LogP contribution in [0, 0.1) is 11.8 Å². The molecule has 192 valence electrons. The van der Waals surface area contributed by atoms with Gasteiger partial charge in [-0.3, -0.25) is 14.4 Å². The first-order valence-corrected chi connectivity index (χ1v) is 13.7. The van der Waals surface area contributed by atoms with E-state index in [4.69, 9.17) is 16.3 Å². The van der Waals surface area contributed by atoms with Crippen molar-refractivity contribution in [1.29, 1.82) is 0 Å². The van der Waals surface area contributed by atoms with Crippen molar-refractivity contribution in [2.45, 2.75) is 54.7 Å². The summed E-state index contributed by atoms with van der Waals surface area (Å²) in [5, 5.41) is 10.8. The first-order valence-electron chi connectivity index (χ1n) is 12.5. The maximum Gasteiger partial charge on any atom is 0.311 e. The molecule has 1 N–H and O–H groups in total. The minimum atomic E-state index is -0.972. The van der Waals surface area contributed by atoms with Crippen LogP contribution in [0.3, 0.4) is 0 Å². The lowest BCUT2D eigenvalue weighted by molar-refractivity contribution is -0.154. The molecule has 7 nitrogen and oxygen atoms in total. The number of nitrogens with zero attached hydrogens (tertiary/aromatic N) is 2. The van der Waals surface area contributed by atoms with Gasteiger partial charge in [-0.15, -0.1) is 11.8 Å². The van der Waals surface area contributed by atoms with Crippen LogP contribution in [-0.2, 0) is 19.1 Å². The second-order valence-corrected chi connectivity index (χ2v) is 12.3. The van der Waals surface area contributed by atoms with E-state index in [-0.39, 0.29) is 18.4 Å². The molecule has 0 saturated carbocycles. The Hall–Kier alpha value is -2.29. The molecule has 0 aromatic heterocycles. The van der Waals surface area contributed by atoms with E-state index in [0.29, 0.717) is 30.3 Å². The molecule has 4 aliphatic heterocycles. The van der Waals surface area contributed by atoms with Gasteiger partial charge in [0.05, 0.1) is 35.8 Å². The fraction of sp³-hybridized carbons (Fsp3) is 0.519. The van der Waals surface area contributed by atoms with Crippen LogP contribution < -0.4 is 4.90 Å². The van der Waals surface area contributed by atoms with Crippen LogP contribution in [0.15, 0.2) is 48.6 Å². The fourth-order valence-corrected chi connectivity index (χ4v) is 8.50. The third kappa shape index (κ3) is 3.80. The Morgan fingerprint density at radius 3 is 2.58 bits per heavy atom. The highest BCUT2D eigenvalue weighted by atomic mass is 35.5. The van der Waals surface area contributed by atoms with E-state index in [1.807, 2.05) is 32.1 Å². The first kappa shape index (κ1) is 25.4. The van der Waals surface area contributed by atoms with Gasteiger partial charge in [0.25, 0.3) is 5.91 Å². The molecule has 9 heteroatoms. The number of halogens is 1. The van der Waals surface area contributed by atoms with Crippen LogP contribution in [0.4, 0.5) is 5.69 Å². The molecule has 1 spiro atoms. The van der Waals surface area contributed by atoms with Gasteiger partial charge in [0.1, 0.15) is 6.04 Å². The molecular weight excluding hydrogens is 500 g/mol. The van der Waals surface area contributed by atoms with E-state index in [0.717, 1.165) is 12.8 Å². The molecule has 1 aromatic carbocycles. The number of esters is 1. The summed E-state index contributed by atoms with van der Waals surface area (Å²) in [5.74, 6) is -2.43. The number of hydrogen-bond donors (Lipinski definition) is 1. The SMILES string of the molecule is CC[C@@H](CO)N1C(=O)[C@@H]2[C@H]3C(=O)OCCC/C=C\[C@@]3(C)S[C@@]23C=CCN(c2ccc(Cl)cc2)C(=O)C13. The smallest absolute Gasteiger partial charge is 0.311 e. The molecule has 2 fully saturated rings. The van der Waals surface area contributed by atoms with Crippen LogP contribution >= 0.6 is 23.4 Å². The summed E-state index contributed by atoms with van der Waals surface area (Å²) in [6.45, 7) is 4.21. The van der Waals surface area contributed by atoms with E-state index in [1.165, 1.54) is 11.8 Å². The highest BCUT2D eigenvalue weighted by molar-refractivity contribution is 8.02. The maximum absolute atomic E-state index is 14.4. The Morgan fingerprint density at radius 2 is 1.89 bits per heavy atom. The maximum atomic E-state index is 14.4. The lowest BCUT2D eigenvalue weighted by Crippen LogP contribution is -2.56. The molecular formula is C27H31ClN2O5S. The summed E-state index contributed by atoms with van der Waals surface area (Å²) in [6.07, 6.45) is 9.96. The standard InChI is InChI=1S/C27H31ClN2O5S/c1-3-18(16-31)30-22-24(33)29(19-10-8-17(28)9-11-19)14-7-13-27(22)20(23(30)32)21-25(34)35-15-6-4-5-12-26(21,2)36-27/h5,7-13,18,20-22,31H,3-4,6,14-16H2,1-2H3/b12-5-/t18-,20-,21-,22?,26+,27-/m0/s1. The van der Waals surface area contributed by atoms with Gasteiger partial charge in [-0.25, -0.2) is 0 Å². The zero-order valence-corrected chi connectivity index (χ0v) is 22.0. The minimum Gasteiger partial charge on any atom is -0.465 e. The van der Waals surface area contributed by atoms with Crippen molar-refractivity contribution in [1.82, 2.24) is 4.90 Å². The monoisotopic (exact) mass is 530 g/mol. The summed E-state index contributed by atoms with van der Waals surface area (Å²) in [7, 11) is 0. The van der Waals surface area contributed by atoms with Crippen molar-refractivity contribution in [3.05, 3.63) is 53.6 Å². The predicted molar refractivity (Wildman–Crippen MR) is 140 cm³/mol. The third-order valence-electron chi connectivity index (χ3n) is 7.90. The van der Waals surface area contributed by atoms with Gasteiger partial charge in [-0.05, 0) is 50.5 Å². The number of amides is 2. The van der Waals surface area contributed by atoms with Crippen molar-refractivity contribution in [3.8, 4) is 0 Å². The van der Waals surface area contributed by atoms with Gasteiger partial charge in [0.15, 0.2) is 0 Å². The normalized spacial score (nSPS) is 35.7. The Morgan fingerprint density at radius 1 is 1.14 bits per heavy atom. The molecule has 6 atom stereocenters. The topological polar surface area (TPSA) is 87.2 Å². The number of aliphatic hydroxyl groups is 1. The van der Waals surface area contributed by atoms with Gasteiger partial charge in [-0.2, -0.15) is 0 Å². The second kappa shape index (κ2) is 9.54. The Balaban J connectivity index is 1.67. The van der Waals surface area contributed by atoms with Crippen molar-refractivity contribution in [2.24, 2.45) is 11.8 Å². The summed E-state index contributed by atoms with van der Waals surface area (Å²) in [6, 6.07) is 5.62. The number of aliphatic hydroxyl groups excluding tert-OH is 1. The van der Waals surface area contributed by atoms with Crippen LogP contribution in [-0.4, -0.2) is 69.1 Å². The number of cyclic esters (lactones) is 1. The summed E-state index contributed by atoms with van der Waals surface area (Å²) >= 11 is 7.60. The molecule has 4 aliphatic rings. The molecule has 0 radical (unpaired) electrons. The van der Waals surface area contributed by atoms with Gasteiger partial charge in [0, 0.05) is 22.0 Å². The minimum absolute atomic E-state index is 0.231. The van der Waals surface area contributed by atoms with Crippen LogP contribution in [0.25, 0.3) is 0 Å². The molecule has 0 bridgehead atoms. The Labute approximate surface area is 220 Å². The van der Waals surface area contributed by atoms with Gasteiger partial charge in [0.2, 0.25) is 5.91 Å². The number of thioether (sulfide) groups is 1. The number of hydrogen-bond acceptors (Lipinski definition) is 6. The molecule has 4 heterocycles. The lowest BCUT2D eigenvalue weighted by Gasteiger charge is -2.39. The average Bonchev–Trinajstić information content (AvgIpc) is 3.21. The largest absolute Gasteiger partial charge is 0.465 e. The van der Waals surface area contributed by atoms with E-state index >= 15 is 0 Å². The van der Waals surface area contributed by atoms with Crippen molar-refractivity contribution in [3.63, 3.8) is 0 Å². The number of allylic oxidation sites excluding steroid dienone is 1. The highest BCUT2D eigenvalue weighted by Gasteiger charge is 2.74. The van der Waals surface area contributed by atoms with Crippen LogP contribution in [0.5, 0.6) is 0 Å². The highest BCUT2D eigenvalue weighted by Crippen LogP contribution is 2.65. The van der Waals surface area contributed by atoms with E-state index in [2.05, 4.69) is 6.08 Å². The van der Waals surface area contributed by atoms with Crippen LogP contribution in [0.2, 0.25) is 5.02 Å². The molecule has 2 amide bonds. The van der Waals surface area contributed by atoms with Gasteiger partial charge >= 0.3 is 5.97 Å². The molecule has 2 saturated heterocycles. The van der Waals surface area contributed by atoms with Crippen molar-refractivity contribution >= 4 is 46.8 Å².